The average molecular weight is 381 g/mol. The highest BCUT2D eigenvalue weighted by Crippen LogP contribution is 2.22. The largest absolute Gasteiger partial charge is 0.336 e. The van der Waals surface area contributed by atoms with Gasteiger partial charge in [-0.05, 0) is 35.8 Å². The first-order valence-corrected chi connectivity index (χ1v) is 7.85. The fourth-order valence-electron chi connectivity index (χ4n) is 2.27. The molecule has 0 unspecified atom stereocenters. The predicted molar refractivity (Wildman–Crippen MR) is 89.2 cm³/mol. The summed E-state index contributed by atoms with van der Waals surface area (Å²) in [4.78, 5) is 24.6. The highest BCUT2D eigenvalue weighted by Gasteiger charge is 2.19. The number of hydrogen-bond donors (Lipinski definition) is 0. The van der Waals surface area contributed by atoms with Gasteiger partial charge in [0, 0.05) is 30.8 Å². The van der Waals surface area contributed by atoms with E-state index >= 15 is 0 Å². The monoisotopic (exact) mass is 380 g/mol. The molecule has 23 heavy (non-hydrogen) atoms. The van der Waals surface area contributed by atoms with Crippen molar-refractivity contribution in [1.82, 2.24) is 14.7 Å². The third-order valence-electron chi connectivity index (χ3n) is 3.58. The van der Waals surface area contributed by atoms with Crippen LogP contribution in [-0.4, -0.2) is 32.6 Å². The molecular formula is C15H17BrN4O3. The lowest BCUT2D eigenvalue weighted by molar-refractivity contribution is -0.385. The van der Waals surface area contributed by atoms with Crippen LogP contribution in [-0.2, 0) is 13.1 Å². The molecule has 0 aliphatic rings. The molecule has 0 N–H and O–H groups in total. The standard InChI is InChI=1S/C15H17BrN4O3/c1-4-19-14(12(16)8-17-19)9-18(3)15(21)11-6-5-10(2)13(7-11)20(22)23/h5-8H,4,9H2,1-3H3. The van der Waals surface area contributed by atoms with E-state index in [1.165, 1.54) is 11.0 Å². The van der Waals surface area contributed by atoms with E-state index in [2.05, 4.69) is 21.0 Å². The van der Waals surface area contributed by atoms with E-state index in [0.717, 1.165) is 10.2 Å². The van der Waals surface area contributed by atoms with Crippen molar-refractivity contribution >= 4 is 27.5 Å². The normalized spacial score (nSPS) is 10.6. The van der Waals surface area contributed by atoms with Crippen molar-refractivity contribution in [2.75, 3.05) is 7.05 Å². The summed E-state index contributed by atoms with van der Waals surface area (Å²) < 4.78 is 2.62. The van der Waals surface area contributed by atoms with E-state index in [4.69, 9.17) is 0 Å². The first-order chi connectivity index (χ1) is 10.8. The zero-order valence-electron chi connectivity index (χ0n) is 13.1. The Morgan fingerprint density at radius 1 is 1.48 bits per heavy atom. The Hall–Kier alpha value is -2.22. The molecule has 1 aromatic carbocycles. The second-order valence-corrected chi connectivity index (χ2v) is 6.03. The van der Waals surface area contributed by atoms with Crippen LogP contribution in [0.4, 0.5) is 5.69 Å². The number of aromatic nitrogens is 2. The number of hydrogen-bond acceptors (Lipinski definition) is 4. The molecule has 1 heterocycles. The van der Waals surface area contributed by atoms with Crippen molar-refractivity contribution < 1.29 is 9.72 Å². The third kappa shape index (κ3) is 3.58. The van der Waals surface area contributed by atoms with Crippen LogP contribution in [0.1, 0.15) is 28.5 Å². The molecule has 1 aromatic heterocycles. The molecule has 0 fully saturated rings. The minimum atomic E-state index is -0.477. The van der Waals surface area contributed by atoms with Crippen molar-refractivity contribution in [2.24, 2.45) is 0 Å². The summed E-state index contributed by atoms with van der Waals surface area (Å²) in [7, 11) is 1.66. The van der Waals surface area contributed by atoms with Crippen LogP contribution >= 0.6 is 15.9 Å². The molecule has 122 valence electrons. The number of carbonyl (C=O) groups is 1. The quantitative estimate of drug-likeness (QED) is 0.589. The summed E-state index contributed by atoms with van der Waals surface area (Å²) in [5.74, 6) is -0.274. The number of aryl methyl sites for hydroxylation is 2. The first kappa shape index (κ1) is 17.1. The third-order valence-corrected chi connectivity index (χ3v) is 4.25. The van der Waals surface area contributed by atoms with Gasteiger partial charge in [0.15, 0.2) is 0 Å². The Morgan fingerprint density at radius 3 is 2.78 bits per heavy atom. The van der Waals surface area contributed by atoms with Crippen LogP contribution < -0.4 is 0 Å². The maximum absolute atomic E-state index is 12.5. The lowest BCUT2D eigenvalue weighted by Gasteiger charge is -2.18. The van der Waals surface area contributed by atoms with Crippen LogP contribution in [0.2, 0.25) is 0 Å². The fourth-order valence-corrected chi connectivity index (χ4v) is 2.70. The topological polar surface area (TPSA) is 81.3 Å². The maximum atomic E-state index is 12.5. The molecule has 0 spiro atoms. The molecule has 1 amide bonds. The molecule has 2 aromatic rings. The minimum Gasteiger partial charge on any atom is -0.336 e. The van der Waals surface area contributed by atoms with Gasteiger partial charge >= 0.3 is 0 Å². The summed E-state index contributed by atoms with van der Waals surface area (Å²) in [5, 5.41) is 15.2. The van der Waals surface area contributed by atoms with Gasteiger partial charge in [0.1, 0.15) is 0 Å². The van der Waals surface area contributed by atoms with E-state index < -0.39 is 4.92 Å². The maximum Gasteiger partial charge on any atom is 0.273 e. The van der Waals surface area contributed by atoms with Gasteiger partial charge in [-0.3, -0.25) is 19.6 Å². The highest BCUT2D eigenvalue weighted by molar-refractivity contribution is 9.10. The molecular weight excluding hydrogens is 364 g/mol. The number of nitrogens with zero attached hydrogens (tertiary/aromatic N) is 4. The van der Waals surface area contributed by atoms with E-state index in [9.17, 15) is 14.9 Å². The van der Waals surface area contributed by atoms with Crippen LogP contribution in [0.25, 0.3) is 0 Å². The predicted octanol–water partition coefficient (Wildman–Crippen LogP) is 3.15. The molecule has 2 rings (SSSR count). The van der Waals surface area contributed by atoms with Gasteiger partial charge in [-0.1, -0.05) is 6.07 Å². The average Bonchev–Trinajstić information content (AvgIpc) is 2.87. The molecule has 0 aliphatic heterocycles. The van der Waals surface area contributed by atoms with Gasteiger partial charge < -0.3 is 4.90 Å². The molecule has 7 nitrogen and oxygen atoms in total. The summed E-state index contributed by atoms with van der Waals surface area (Å²) in [6.45, 7) is 4.66. The van der Waals surface area contributed by atoms with E-state index in [1.54, 1.807) is 37.0 Å². The van der Waals surface area contributed by atoms with E-state index in [-0.39, 0.29) is 11.6 Å². The fraction of sp³-hybridized carbons (Fsp3) is 0.333. The SMILES string of the molecule is CCn1ncc(Br)c1CN(C)C(=O)c1ccc(C)c([N+](=O)[O-])c1. The van der Waals surface area contributed by atoms with Crippen molar-refractivity contribution in [3.8, 4) is 0 Å². The Morgan fingerprint density at radius 2 is 2.17 bits per heavy atom. The Kier molecular flexibility index (Phi) is 5.15. The number of amides is 1. The van der Waals surface area contributed by atoms with Gasteiger partial charge in [-0.15, -0.1) is 0 Å². The number of halogens is 1. The Labute approximate surface area is 142 Å². The van der Waals surface area contributed by atoms with Crippen LogP contribution in [0, 0.1) is 17.0 Å². The molecule has 0 saturated heterocycles. The zero-order valence-corrected chi connectivity index (χ0v) is 14.7. The number of rotatable bonds is 5. The number of benzene rings is 1. The molecule has 0 radical (unpaired) electrons. The minimum absolute atomic E-state index is 0.0518. The van der Waals surface area contributed by atoms with Crippen molar-refractivity contribution in [1.29, 1.82) is 0 Å². The number of nitro benzene ring substituents is 1. The zero-order chi connectivity index (χ0) is 17.1. The van der Waals surface area contributed by atoms with Crippen LogP contribution in [0.5, 0.6) is 0 Å². The Bertz CT molecular complexity index is 757. The van der Waals surface area contributed by atoms with E-state index in [1.807, 2.05) is 6.92 Å². The summed E-state index contributed by atoms with van der Waals surface area (Å²) in [6.07, 6.45) is 1.69. The van der Waals surface area contributed by atoms with Crippen LogP contribution in [0.15, 0.2) is 28.9 Å². The first-order valence-electron chi connectivity index (χ1n) is 7.05. The molecule has 0 atom stereocenters. The van der Waals surface area contributed by atoms with Gasteiger partial charge in [-0.25, -0.2) is 0 Å². The van der Waals surface area contributed by atoms with Crippen LogP contribution in [0.3, 0.4) is 0 Å². The van der Waals surface area contributed by atoms with Gasteiger partial charge in [0.05, 0.1) is 27.8 Å². The van der Waals surface area contributed by atoms with Crippen molar-refractivity contribution in [3.63, 3.8) is 0 Å². The summed E-state index contributed by atoms with van der Waals surface area (Å²) >= 11 is 3.42. The number of nitro groups is 1. The number of carbonyl (C=O) groups excluding carboxylic acids is 1. The van der Waals surface area contributed by atoms with E-state index in [0.29, 0.717) is 24.2 Å². The highest BCUT2D eigenvalue weighted by atomic mass is 79.9. The van der Waals surface area contributed by atoms with Gasteiger partial charge in [-0.2, -0.15) is 5.10 Å². The molecule has 0 saturated carbocycles. The van der Waals surface area contributed by atoms with Crippen molar-refractivity contribution in [3.05, 3.63) is 55.8 Å². The molecule has 0 bridgehead atoms. The second-order valence-electron chi connectivity index (χ2n) is 5.17. The second kappa shape index (κ2) is 6.91. The summed E-state index contributed by atoms with van der Waals surface area (Å²) in [6, 6.07) is 4.51. The molecule has 0 aliphatic carbocycles. The Balaban J connectivity index is 2.25. The summed E-state index contributed by atoms with van der Waals surface area (Å²) in [5.41, 5.74) is 1.65. The molecule has 8 heteroatoms. The van der Waals surface area contributed by atoms with Gasteiger partial charge in [0.2, 0.25) is 0 Å². The smallest absolute Gasteiger partial charge is 0.273 e. The lowest BCUT2D eigenvalue weighted by Crippen LogP contribution is -2.27. The lowest BCUT2D eigenvalue weighted by atomic mass is 10.1. The van der Waals surface area contributed by atoms with Gasteiger partial charge in [0.25, 0.3) is 11.6 Å². The van der Waals surface area contributed by atoms with Crippen molar-refractivity contribution in [2.45, 2.75) is 26.9 Å².